The van der Waals surface area contributed by atoms with Crippen LogP contribution in [0.15, 0.2) is 34.6 Å². The van der Waals surface area contributed by atoms with Crippen LogP contribution in [0.1, 0.15) is 5.76 Å². The molecule has 0 unspecified atom stereocenters. The van der Waals surface area contributed by atoms with Gasteiger partial charge >= 0.3 is 5.97 Å². The third kappa shape index (κ3) is 3.88. The summed E-state index contributed by atoms with van der Waals surface area (Å²) in [4.78, 5) is 10.8. The fraction of sp³-hybridized carbons (Fsp3) is 0.273. The number of esters is 1. The lowest BCUT2D eigenvalue weighted by atomic mass is 10.2. The highest BCUT2D eigenvalue weighted by Gasteiger charge is 2.02. The molecule has 0 aliphatic rings. The Bertz CT molecular complexity index is 401. The molecule has 16 heavy (non-hydrogen) atoms. The van der Waals surface area contributed by atoms with Crippen molar-refractivity contribution in [3.8, 4) is 6.07 Å². The fourth-order valence-corrected chi connectivity index (χ4v) is 1.05. The van der Waals surface area contributed by atoms with E-state index < -0.39 is 0 Å². The molecule has 0 saturated carbocycles. The Hall–Kier alpha value is -2.22. The Kier molecular flexibility index (Phi) is 4.67. The standard InChI is InChI=1S/C11H12N2O3/c1-15-11(14)8-13-7-9(6-12)5-10-3-2-4-16-10/h2-4,7,13H,5,8H2,1H3/b9-7+. The number of hydrogen-bond acceptors (Lipinski definition) is 5. The lowest BCUT2D eigenvalue weighted by Crippen LogP contribution is -2.19. The van der Waals surface area contributed by atoms with E-state index in [4.69, 9.17) is 9.68 Å². The van der Waals surface area contributed by atoms with Crippen molar-refractivity contribution in [1.29, 1.82) is 5.26 Å². The molecule has 0 spiro atoms. The van der Waals surface area contributed by atoms with Crippen molar-refractivity contribution in [2.24, 2.45) is 0 Å². The number of carbonyl (C=O) groups is 1. The molecule has 0 aliphatic carbocycles. The predicted octanol–water partition coefficient (Wildman–Crippen LogP) is 0.992. The van der Waals surface area contributed by atoms with Crippen LogP contribution in [0.3, 0.4) is 0 Å². The molecule has 0 fully saturated rings. The lowest BCUT2D eigenvalue weighted by molar-refractivity contribution is -0.139. The molecule has 84 valence electrons. The minimum absolute atomic E-state index is 0.0415. The number of nitriles is 1. The molecule has 1 N–H and O–H groups in total. The quantitative estimate of drug-likeness (QED) is 0.591. The van der Waals surface area contributed by atoms with E-state index in [2.05, 4.69) is 10.1 Å². The predicted molar refractivity (Wildman–Crippen MR) is 56.1 cm³/mol. The average Bonchev–Trinajstić information content (AvgIpc) is 2.80. The number of nitrogens with zero attached hydrogens (tertiary/aromatic N) is 1. The zero-order valence-electron chi connectivity index (χ0n) is 8.90. The van der Waals surface area contributed by atoms with Crippen molar-refractivity contribution in [1.82, 2.24) is 5.32 Å². The van der Waals surface area contributed by atoms with Crippen molar-refractivity contribution in [2.75, 3.05) is 13.7 Å². The van der Waals surface area contributed by atoms with Gasteiger partial charge in [0, 0.05) is 12.6 Å². The maximum absolute atomic E-state index is 10.8. The smallest absolute Gasteiger partial charge is 0.325 e. The van der Waals surface area contributed by atoms with E-state index in [0.717, 1.165) is 0 Å². The molecule has 0 amide bonds. The third-order valence-corrected chi connectivity index (χ3v) is 1.84. The van der Waals surface area contributed by atoms with Crippen molar-refractivity contribution < 1.29 is 13.9 Å². The van der Waals surface area contributed by atoms with Gasteiger partial charge < -0.3 is 14.5 Å². The summed E-state index contributed by atoms with van der Waals surface area (Å²) in [5, 5.41) is 11.5. The summed E-state index contributed by atoms with van der Waals surface area (Å²) in [5.41, 5.74) is 0.485. The summed E-state index contributed by atoms with van der Waals surface area (Å²) in [7, 11) is 1.31. The highest BCUT2D eigenvalue weighted by atomic mass is 16.5. The van der Waals surface area contributed by atoms with E-state index in [1.807, 2.05) is 6.07 Å². The van der Waals surface area contributed by atoms with Crippen molar-refractivity contribution in [3.05, 3.63) is 35.9 Å². The van der Waals surface area contributed by atoms with Gasteiger partial charge in [-0.2, -0.15) is 5.26 Å². The van der Waals surface area contributed by atoms with Crippen LogP contribution >= 0.6 is 0 Å². The molecular weight excluding hydrogens is 208 g/mol. The van der Waals surface area contributed by atoms with Gasteiger partial charge in [-0.3, -0.25) is 4.79 Å². The molecule has 0 bridgehead atoms. The number of hydrogen-bond donors (Lipinski definition) is 1. The van der Waals surface area contributed by atoms with Gasteiger partial charge in [0.15, 0.2) is 0 Å². The number of carbonyl (C=O) groups excluding carboxylic acids is 1. The molecule has 0 saturated heterocycles. The Labute approximate surface area is 93.3 Å². The topological polar surface area (TPSA) is 75.3 Å². The minimum atomic E-state index is -0.383. The second-order valence-electron chi connectivity index (χ2n) is 2.99. The Morgan fingerprint density at radius 1 is 1.75 bits per heavy atom. The van der Waals surface area contributed by atoms with Gasteiger partial charge in [0.05, 0.1) is 25.0 Å². The molecule has 1 heterocycles. The highest BCUT2D eigenvalue weighted by molar-refractivity contribution is 5.71. The molecule has 0 radical (unpaired) electrons. The number of methoxy groups -OCH3 is 1. The first-order chi connectivity index (χ1) is 7.76. The monoisotopic (exact) mass is 220 g/mol. The van der Waals surface area contributed by atoms with Gasteiger partial charge in [0.1, 0.15) is 12.3 Å². The van der Waals surface area contributed by atoms with Gasteiger partial charge in [0.25, 0.3) is 0 Å². The van der Waals surface area contributed by atoms with Crippen LogP contribution in [-0.2, 0) is 16.0 Å². The highest BCUT2D eigenvalue weighted by Crippen LogP contribution is 2.06. The summed E-state index contributed by atoms with van der Waals surface area (Å²) in [6, 6.07) is 5.56. The van der Waals surface area contributed by atoms with Gasteiger partial charge in [-0.05, 0) is 12.1 Å². The number of ether oxygens (including phenoxy) is 1. The largest absolute Gasteiger partial charge is 0.469 e. The number of rotatable bonds is 5. The van der Waals surface area contributed by atoms with E-state index in [1.165, 1.54) is 13.3 Å². The number of nitrogens with one attached hydrogen (secondary N) is 1. The van der Waals surface area contributed by atoms with Crippen LogP contribution in [0.4, 0.5) is 0 Å². The van der Waals surface area contributed by atoms with E-state index >= 15 is 0 Å². The van der Waals surface area contributed by atoms with E-state index in [1.54, 1.807) is 18.4 Å². The van der Waals surface area contributed by atoms with Crippen LogP contribution in [-0.4, -0.2) is 19.6 Å². The van der Waals surface area contributed by atoms with Crippen LogP contribution in [0.2, 0.25) is 0 Å². The third-order valence-electron chi connectivity index (χ3n) is 1.84. The first-order valence-corrected chi connectivity index (χ1v) is 4.68. The molecule has 1 aromatic heterocycles. The van der Waals surface area contributed by atoms with Gasteiger partial charge in [0.2, 0.25) is 0 Å². The molecule has 5 heteroatoms. The summed E-state index contributed by atoms with van der Waals surface area (Å²) in [6.45, 7) is 0.0415. The second-order valence-corrected chi connectivity index (χ2v) is 2.99. The summed E-state index contributed by atoms with van der Waals surface area (Å²) < 4.78 is 9.54. The van der Waals surface area contributed by atoms with Gasteiger partial charge in [-0.1, -0.05) is 0 Å². The van der Waals surface area contributed by atoms with Gasteiger partial charge in [-0.25, -0.2) is 0 Å². The molecule has 5 nitrogen and oxygen atoms in total. The van der Waals surface area contributed by atoms with Crippen LogP contribution in [0.5, 0.6) is 0 Å². The van der Waals surface area contributed by atoms with Crippen molar-refractivity contribution >= 4 is 5.97 Å². The second kappa shape index (κ2) is 6.30. The van der Waals surface area contributed by atoms with E-state index in [0.29, 0.717) is 17.8 Å². The number of allylic oxidation sites excluding steroid dienone is 1. The first kappa shape index (κ1) is 11.9. The maximum atomic E-state index is 10.8. The average molecular weight is 220 g/mol. The summed E-state index contributed by atoms with van der Waals surface area (Å²) >= 11 is 0. The molecule has 0 aliphatic heterocycles. The minimum Gasteiger partial charge on any atom is -0.469 e. The van der Waals surface area contributed by atoms with Gasteiger partial charge in [-0.15, -0.1) is 0 Å². The maximum Gasteiger partial charge on any atom is 0.325 e. The molecule has 1 rings (SSSR count). The Balaban J connectivity index is 2.45. The van der Waals surface area contributed by atoms with Crippen LogP contribution < -0.4 is 5.32 Å². The lowest BCUT2D eigenvalue weighted by Gasteiger charge is -2.00. The van der Waals surface area contributed by atoms with Crippen LogP contribution in [0.25, 0.3) is 0 Å². The first-order valence-electron chi connectivity index (χ1n) is 4.68. The fourth-order valence-electron chi connectivity index (χ4n) is 1.05. The Morgan fingerprint density at radius 3 is 3.12 bits per heavy atom. The normalized spacial score (nSPS) is 10.6. The van der Waals surface area contributed by atoms with E-state index in [-0.39, 0.29) is 12.5 Å². The zero-order chi connectivity index (χ0) is 11.8. The van der Waals surface area contributed by atoms with Crippen molar-refractivity contribution in [2.45, 2.75) is 6.42 Å². The molecular formula is C11H12N2O3. The zero-order valence-corrected chi connectivity index (χ0v) is 8.90. The van der Waals surface area contributed by atoms with E-state index in [9.17, 15) is 4.79 Å². The summed E-state index contributed by atoms with van der Waals surface area (Å²) in [6.07, 6.45) is 3.43. The number of furan rings is 1. The Morgan fingerprint density at radius 2 is 2.56 bits per heavy atom. The SMILES string of the molecule is COC(=O)CN/C=C(/C#N)Cc1ccco1. The molecule has 0 atom stereocenters. The van der Waals surface area contributed by atoms with Crippen molar-refractivity contribution in [3.63, 3.8) is 0 Å². The van der Waals surface area contributed by atoms with Crippen LogP contribution in [0, 0.1) is 11.3 Å². The summed E-state index contributed by atoms with van der Waals surface area (Å²) in [5.74, 6) is 0.319. The molecule has 0 aromatic carbocycles. The molecule has 1 aromatic rings.